The van der Waals surface area contributed by atoms with E-state index in [0.29, 0.717) is 5.92 Å². The molecule has 112 valence electrons. The molecular formula is C16H21N3OS. The molecule has 0 spiro atoms. The van der Waals surface area contributed by atoms with E-state index in [9.17, 15) is 0 Å². The van der Waals surface area contributed by atoms with Crippen LogP contribution in [0.25, 0.3) is 11.3 Å². The van der Waals surface area contributed by atoms with Crippen molar-refractivity contribution < 1.29 is 5.11 Å². The van der Waals surface area contributed by atoms with Gasteiger partial charge in [-0.05, 0) is 50.4 Å². The molecule has 5 heteroatoms. The summed E-state index contributed by atoms with van der Waals surface area (Å²) in [6.07, 6.45) is 2.15. The number of piperidine rings is 1. The van der Waals surface area contributed by atoms with Crippen LogP contribution in [0.2, 0.25) is 0 Å². The van der Waals surface area contributed by atoms with E-state index >= 15 is 0 Å². The number of hydrogen-bond acceptors (Lipinski definition) is 5. The second-order valence-corrected chi connectivity index (χ2v) is 6.38. The van der Waals surface area contributed by atoms with Gasteiger partial charge in [0.05, 0.1) is 12.3 Å². The molecule has 0 aliphatic carbocycles. The summed E-state index contributed by atoms with van der Waals surface area (Å²) < 4.78 is 0. The first-order valence-electron chi connectivity index (χ1n) is 7.47. The number of thiophene rings is 1. The van der Waals surface area contributed by atoms with Gasteiger partial charge in [0, 0.05) is 29.1 Å². The number of aryl methyl sites for hydroxylation is 1. The van der Waals surface area contributed by atoms with E-state index in [1.54, 1.807) is 11.3 Å². The molecule has 0 unspecified atom stereocenters. The quantitative estimate of drug-likeness (QED) is 0.943. The standard InChI is InChI=1S/C16H21N3OS/c1-12-10-15(14-4-9-21-11-14)18-16(17-12)13-2-5-19(6-3-13)7-8-20/h4,9-11,13,20H,2-3,5-8H2,1H3. The maximum absolute atomic E-state index is 9.01. The van der Waals surface area contributed by atoms with Crippen molar-refractivity contribution in [2.45, 2.75) is 25.7 Å². The van der Waals surface area contributed by atoms with Gasteiger partial charge in [-0.1, -0.05) is 0 Å². The summed E-state index contributed by atoms with van der Waals surface area (Å²) in [7, 11) is 0. The highest BCUT2D eigenvalue weighted by atomic mass is 32.1. The number of aliphatic hydroxyl groups excluding tert-OH is 1. The Balaban J connectivity index is 1.77. The monoisotopic (exact) mass is 303 g/mol. The predicted molar refractivity (Wildman–Crippen MR) is 85.6 cm³/mol. The number of rotatable bonds is 4. The summed E-state index contributed by atoms with van der Waals surface area (Å²) in [5.74, 6) is 1.43. The molecule has 1 saturated heterocycles. The summed E-state index contributed by atoms with van der Waals surface area (Å²) in [5.41, 5.74) is 3.26. The van der Waals surface area contributed by atoms with Gasteiger partial charge < -0.3 is 10.0 Å². The number of aliphatic hydroxyl groups is 1. The Hall–Kier alpha value is -1.30. The van der Waals surface area contributed by atoms with E-state index < -0.39 is 0 Å². The van der Waals surface area contributed by atoms with E-state index in [0.717, 1.165) is 49.7 Å². The number of β-amino-alcohol motifs (C(OH)–C–C–N with tert-alkyl or cyclic N) is 1. The minimum Gasteiger partial charge on any atom is -0.395 e. The van der Waals surface area contributed by atoms with Crippen molar-refractivity contribution >= 4 is 11.3 Å². The average molecular weight is 303 g/mol. The molecule has 3 rings (SSSR count). The third-order valence-electron chi connectivity index (χ3n) is 4.06. The molecule has 2 aromatic heterocycles. The van der Waals surface area contributed by atoms with E-state index in [1.807, 2.05) is 6.92 Å². The molecule has 1 aliphatic rings. The highest BCUT2D eigenvalue weighted by molar-refractivity contribution is 7.08. The zero-order chi connectivity index (χ0) is 14.7. The van der Waals surface area contributed by atoms with E-state index in [4.69, 9.17) is 10.1 Å². The maximum atomic E-state index is 9.01. The fourth-order valence-electron chi connectivity index (χ4n) is 2.89. The van der Waals surface area contributed by atoms with Crippen LogP contribution in [-0.2, 0) is 0 Å². The Kier molecular flexibility index (Phi) is 4.63. The summed E-state index contributed by atoms with van der Waals surface area (Å²) >= 11 is 1.70. The van der Waals surface area contributed by atoms with Crippen LogP contribution in [0, 0.1) is 6.92 Å². The normalized spacial score (nSPS) is 17.2. The zero-order valence-electron chi connectivity index (χ0n) is 12.3. The Morgan fingerprint density at radius 1 is 1.33 bits per heavy atom. The van der Waals surface area contributed by atoms with Crippen molar-refractivity contribution in [3.63, 3.8) is 0 Å². The van der Waals surface area contributed by atoms with Crippen LogP contribution >= 0.6 is 11.3 Å². The lowest BCUT2D eigenvalue weighted by atomic mass is 9.95. The molecule has 0 radical (unpaired) electrons. The van der Waals surface area contributed by atoms with Gasteiger partial charge in [-0.2, -0.15) is 11.3 Å². The first-order chi connectivity index (χ1) is 10.3. The Morgan fingerprint density at radius 2 is 2.14 bits per heavy atom. The van der Waals surface area contributed by atoms with Gasteiger partial charge in [0.2, 0.25) is 0 Å². The van der Waals surface area contributed by atoms with Gasteiger partial charge >= 0.3 is 0 Å². The smallest absolute Gasteiger partial charge is 0.132 e. The van der Waals surface area contributed by atoms with Gasteiger partial charge in [0.15, 0.2) is 0 Å². The minimum atomic E-state index is 0.244. The molecule has 1 fully saturated rings. The van der Waals surface area contributed by atoms with Crippen molar-refractivity contribution in [2.75, 3.05) is 26.2 Å². The Morgan fingerprint density at radius 3 is 2.81 bits per heavy atom. The van der Waals surface area contributed by atoms with Gasteiger partial charge in [0.1, 0.15) is 5.82 Å². The second-order valence-electron chi connectivity index (χ2n) is 5.60. The first-order valence-corrected chi connectivity index (χ1v) is 8.42. The Labute approximate surface area is 129 Å². The fourth-order valence-corrected chi connectivity index (χ4v) is 3.54. The van der Waals surface area contributed by atoms with Crippen LogP contribution < -0.4 is 0 Å². The van der Waals surface area contributed by atoms with Gasteiger partial charge in [0.25, 0.3) is 0 Å². The molecule has 4 nitrogen and oxygen atoms in total. The van der Waals surface area contributed by atoms with Crippen LogP contribution in [0.3, 0.4) is 0 Å². The maximum Gasteiger partial charge on any atom is 0.132 e. The molecule has 0 aromatic carbocycles. The topological polar surface area (TPSA) is 49.2 Å². The SMILES string of the molecule is Cc1cc(-c2ccsc2)nc(C2CCN(CCO)CC2)n1. The van der Waals surface area contributed by atoms with E-state index in [1.165, 1.54) is 5.56 Å². The van der Waals surface area contributed by atoms with E-state index in [2.05, 4.69) is 32.8 Å². The molecule has 0 atom stereocenters. The highest BCUT2D eigenvalue weighted by Gasteiger charge is 2.23. The number of likely N-dealkylation sites (tertiary alicyclic amines) is 1. The van der Waals surface area contributed by atoms with Crippen LogP contribution in [0.1, 0.15) is 30.3 Å². The Bertz CT molecular complexity index is 577. The summed E-state index contributed by atoms with van der Waals surface area (Å²) in [5, 5.41) is 13.2. The fraction of sp³-hybridized carbons (Fsp3) is 0.500. The number of aromatic nitrogens is 2. The molecule has 3 heterocycles. The molecule has 0 bridgehead atoms. The summed E-state index contributed by atoms with van der Waals surface area (Å²) in [6, 6.07) is 4.17. The van der Waals surface area contributed by atoms with Crippen LogP contribution in [0.4, 0.5) is 0 Å². The van der Waals surface area contributed by atoms with Crippen molar-refractivity contribution in [1.82, 2.24) is 14.9 Å². The zero-order valence-corrected chi connectivity index (χ0v) is 13.1. The molecule has 1 N–H and O–H groups in total. The number of hydrogen-bond donors (Lipinski definition) is 1. The van der Waals surface area contributed by atoms with Gasteiger partial charge in [-0.25, -0.2) is 9.97 Å². The molecule has 21 heavy (non-hydrogen) atoms. The largest absolute Gasteiger partial charge is 0.395 e. The minimum absolute atomic E-state index is 0.244. The van der Waals surface area contributed by atoms with Gasteiger partial charge in [-0.3, -0.25) is 0 Å². The number of nitrogens with zero attached hydrogens (tertiary/aromatic N) is 3. The van der Waals surface area contributed by atoms with Crippen molar-refractivity contribution in [1.29, 1.82) is 0 Å². The lowest BCUT2D eigenvalue weighted by molar-refractivity contribution is 0.162. The third kappa shape index (κ3) is 3.48. The molecule has 2 aromatic rings. The molecular weight excluding hydrogens is 282 g/mol. The average Bonchev–Trinajstić information content (AvgIpc) is 3.02. The first kappa shape index (κ1) is 14.6. The predicted octanol–water partition coefficient (Wildman–Crippen LogP) is 2.69. The molecule has 1 aliphatic heterocycles. The van der Waals surface area contributed by atoms with Gasteiger partial charge in [-0.15, -0.1) is 0 Å². The third-order valence-corrected chi connectivity index (χ3v) is 4.74. The second kappa shape index (κ2) is 6.64. The van der Waals surface area contributed by atoms with Crippen molar-refractivity contribution in [2.24, 2.45) is 0 Å². The lowest BCUT2D eigenvalue weighted by Crippen LogP contribution is -2.35. The molecule has 0 amide bonds. The van der Waals surface area contributed by atoms with Crippen LogP contribution in [0.15, 0.2) is 22.9 Å². The van der Waals surface area contributed by atoms with E-state index in [-0.39, 0.29) is 6.61 Å². The summed E-state index contributed by atoms with van der Waals surface area (Å²) in [6.45, 7) is 5.12. The van der Waals surface area contributed by atoms with Crippen molar-refractivity contribution in [3.05, 3.63) is 34.4 Å². The van der Waals surface area contributed by atoms with Crippen LogP contribution in [-0.4, -0.2) is 46.2 Å². The van der Waals surface area contributed by atoms with Crippen molar-refractivity contribution in [3.8, 4) is 11.3 Å². The lowest BCUT2D eigenvalue weighted by Gasteiger charge is -2.30. The summed E-state index contributed by atoms with van der Waals surface area (Å²) in [4.78, 5) is 11.8. The van der Waals surface area contributed by atoms with Crippen LogP contribution in [0.5, 0.6) is 0 Å². The highest BCUT2D eigenvalue weighted by Crippen LogP contribution is 2.28. The molecule has 0 saturated carbocycles.